The summed E-state index contributed by atoms with van der Waals surface area (Å²) < 4.78 is 27.0. The molecule has 1 amide bonds. The molecule has 2 aromatic carbocycles. The van der Waals surface area contributed by atoms with Crippen molar-refractivity contribution in [2.75, 3.05) is 0 Å². The van der Waals surface area contributed by atoms with E-state index in [-0.39, 0.29) is 15.7 Å². The Morgan fingerprint density at radius 3 is 2.53 bits per heavy atom. The smallest absolute Gasteiger partial charge is 0.261 e. The van der Waals surface area contributed by atoms with E-state index in [4.69, 9.17) is 0 Å². The van der Waals surface area contributed by atoms with Crippen LogP contribution in [0, 0.1) is 0 Å². The molecule has 3 heterocycles. The second kappa shape index (κ2) is 8.14. The molecule has 0 spiro atoms. The highest BCUT2D eigenvalue weighted by atomic mass is 32.2. The molecule has 0 aliphatic carbocycles. The molecule has 0 saturated heterocycles. The standard InChI is InChI=1S/C24H17N3O3S2/c28-24(22-13-18-9-11-25-15-23(18)31-22)27-14-16-3-5-19(6-4-16)32(29,30)20-7-8-21-17(12-20)2-1-10-26-21/h1-13,15H,14H2,(H,27,28). The van der Waals surface area contributed by atoms with Crippen molar-refractivity contribution in [3.05, 3.63) is 95.8 Å². The molecule has 3 aromatic heterocycles. The van der Waals surface area contributed by atoms with Gasteiger partial charge in [-0.05, 0) is 59.5 Å². The van der Waals surface area contributed by atoms with E-state index in [1.165, 1.54) is 11.3 Å². The van der Waals surface area contributed by atoms with Gasteiger partial charge < -0.3 is 5.32 Å². The van der Waals surface area contributed by atoms with Crippen LogP contribution in [0.5, 0.6) is 0 Å². The molecule has 0 unspecified atom stereocenters. The molecule has 0 radical (unpaired) electrons. The molecule has 0 fully saturated rings. The summed E-state index contributed by atoms with van der Waals surface area (Å²) in [6, 6.07) is 18.8. The second-order valence-corrected chi connectivity index (χ2v) is 10.2. The number of amides is 1. The minimum Gasteiger partial charge on any atom is -0.347 e. The quantitative estimate of drug-likeness (QED) is 0.415. The van der Waals surface area contributed by atoms with Crippen LogP contribution >= 0.6 is 11.3 Å². The summed E-state index contributed by atoms with van der Waals surface area (Å²) >= 11 is 1.39. The first-order chi connectivity index (χ1) is 15.5. The monoisotopic (exact) mass is 459 g/mol. The lowest BCUT2D eigenvalue weighted by Gasteiger charge is -2.08. The van der Waals surface area contributed by atoms with Gasteiger partial charge in [-0.1, -0.05) is 18.2 Å². The third-order valence-corrected chi connectivity index (χ3v) is 7.97. The van der Waals surface area contributed by atoms with E-state index in [1.807, 2.05) is 18.2 Å². The maximum Gasteiger partial charge on any atom is 0.261 e. The third kappa shape index (κ3) is 3.86. The number of sulfone groups is 1. The highest BCUT2D eigenvalue weighted by molar-refractivity contribution is 7.91. The zero-order valence-corrected chi connectivity index (χ0v) is 18.4. The molecular formula is C24H17N3O3S2. The minimum absolute atomic E-state index is 0.173. The highest BCUT2D eigenvalue weighted by Gasteiger charge is 2.18. The highest BCUT2D eigenvalue weighted by Crippen LogP contribution is 2.25. The van der Waals surface area contributed by atoms with Crippen molar-refractivity contribution in [1.29, 1.82) is 0 Å². The number of hydrogen-bond donors (Lipinski definition) is 1. The SMILES string of the molecule is O=C(NCc1ccc(S(=O)(=O)c2ccc3ncccc3c2)cc1)c1cc2ccncc2s1. The summed E-state index contributed by atoms with van der Waals surface area (Å²) in [5.74, 6) is -0.173. The molecule has 0 aliphatic heterocycles. The maximum absolute atomic E-state index is 13.0. The Bertz CT molecular complexity index is 1530. The van der Waals surface area contributed by atoms with Gasteiger partial charge >= 0.3 is 0 Å². The third-order valence-electron chi connectivity index (χ3n) is 5.12. The number of carbonyl (C=O) groups is 1. The number of aromatic nitrogens is 2. The van der Waals surface area contributed by atoms with Gasteiger partial charge in [0.05, 0.1) is 24.9 Å². The van der Waals surface area contributed by atoms with Gasteiger partial charge in [-0.25, -0.2) is 8.42 Å². The zero-order chi connectivity index (χ0) is 22.1. The summed E-state index contributed by atoms with van der Waals surface area (Å²) in [4.78, 5) is 21.8. The van der Waals surface area contributed by atoms with Crippen LogP contribution in [0.25, 0.3) is 21.0 Å². The molecule has 32 heavy (non-hydrogen) atoms. The van der Waals surface area contributed by atoms with Crippen molar-refractivity contribution >= 4 is 48.1 Å². The number of thiophene rings is 1. The normalized spacial score (nSPS) is 11.6. The van der Waals surface area contributed by atoms with E-state index in [0.29, 0.717) is 11.4 Å². The van der Waals surface area contributed by atoms with E-state index in [0.717, 1.165) is 26.6 Å². The zero-order valence-electron chi connectivity index (χ0n) is 16.7. The lowest BCUT2D eigenvalue weighted by atomic mass is 10.2. The average Bonchev–Trinajstić information content (AvgIpc) is 3.27. The molecule has 158 valence electrons. The van der Waals surface area contributed by atoms with Crippen molar-refractivity contribution in [2.24, 2.45) is 0 Å². The lowest BCUT2D eigenvalue weighted by Crippen LogP contribution is -2.21. The molecule has 5 aromatic rings. The number of nitrogens with one attached hydrogen (secondary N) is 1. The Hall–Kier alpha value is -3.62. The fourth-order valence-electron chi connectivity index (χ4n) is 3.41. The first kappa shape index (κ1) is 20.3. The number of benzene rings is 2. The Balaban J connectivity index is 1.31. The van der Waals surface area contributed by atoms with Crippen molar-refractivity contribution in [3.63, 3.8) is 0 Å². The van der Waals surface area contributed by atoms with Crippen LogP contribution in [0.4, 0.5) is 0 Å². The predicted molar refractivity (Wildman–Crippen MR) is 124 cm³/mol. The molecule has 1 N–H and O–H groups in total. The van der Waals surface area contributed by atoms with Gasteiger partial charge in [-0.15, -0.1) is 11.3 Å². The average molecular weight is 460 g/mol. The Morgan fingerprint density at radius 2 is 1.72 bits per heavy atom. The topological polar surface area (TPSA) is 89.0 Å². The van der Waals surface area contributed by atoms with Gasteiger partial charge in [0.2, 0.25) is 9.84 Å². The Kier molecular flexibility index (Phi) is 5.16. The summed E-state index contributed by atoms with van der Waals surface area (Å²) in [5, 5.41) is 4.63. The van der Waals surface area contributed by atoms with E-state index >= 15 is 0 Å². The number of hydrogen-bond acceptors (Lipinski definition) is 6. The maximum atomic E-state index is 13.0. The molecular weight excluding hydrogens is 442 g/mol. The Morgan fingerprint density at radius 1 is 0.906 bits per heavy atom. The van der Waals surface area contributed by atoms with Gasteiger partial charge in [-0.3, -0.25) is 14.8 Å². The van der Waals surface area contributed by atoms with Crippen LogP contribution < -0.4 is 5.32 Å². The van der Waals surface area contributed by atoms with Gasteiger partial charge in [0, 0.05) is 30.5 Å². The van der Waals surface area contributed by atoms with Crippen LogP contribution in [0.1, 0.15) is 15.2 Å². The molecule has 0 bridgehead atoms. The van der Waals surface area contributed by atoms with Gasteiger partial charge in [0.1, 0.15) is 0 Å². The minimum atomic E-state index is -3.66. The number of carbonyl (C=O) groups excluding carboxylic acids is 1. The molecule has 0 aliphatic rings. The summed E-state index contributed by atoms with van der Waals surface area (Å²) in [5.41, 5.74) is 1.55. The first-order valence-corrected chi connectivity index (χ1v) is 12.1. The second-order valence-electron chi connectivity index (χ2n) is 7.21. The molecule has 5 rings (SSSR count). The van der Waals surface area contributed by atoms with E-state index in [9.17, 15) is 13.2 Å². The van der Waals surface area contributed by atoms with Crippen LogP contribution in [-0.4, -0.2) is 24.3 Å². The van der Waals surface area contributed by atoms with E-state index < -0.39 is 9.84 Å². The molecule has 0 saturated carbocycles. The fourth-order valence-corrected chi connectivity index (χ4v) is 5.65. The number of pyridine rings is 2. The van der Waals surface area contributed by atoms with Gasteiger partial charge in [0.25, 0.3) is 5.91 Å². The summed E-state index contributed by atoms with van der Waals surface area (Å²) in [6.07, 6.45) is 5.11. The van der Waals surface area contributed by atoms with Crippen LogP contribution in [0.15, 0.2) is 95.1 Å². The summed E-state index contributed by atoms with van der Waals surface area (Å²) in [7, 11) is -3.66. The first-order valence-electron chi connectivity index (χ1n) is 9.81. The van der Waals surface area contributed by atoms with Crippen molar-refractivity contribution < 1.29 is 13.2 Å². The van der Waals surface area contributed by atoms with Crippen molar-refractivity contribution in [1.82, 2.24) is 15.3 Å². The number of rotatable bonds is 5. The van der Waals surface area contributed by atoms with Gasteiger partial charge in [-0.2, -0.15) is 0 Å². The predicted octanol–water partition coefficient (Wildman–Crippen LogP) is 4.61. The Labute approximate surface area is 188 Å². The molecule has 0 atom stereocenters. The van der Waals surface area contributed by atoms with Gasteiger partial charge in [0.15, 0.2) is 0 Å². The van der Waals surface area contributed by atoms with Crippen LogP contribution in [0.2, 0.25) is 0 Å². The molecule has 8 heteroatoms. The van der Waals surface area contributed by atoms with E-state index in [2.05, 4.69) is 15.3 Å². The largest absolute Gasteiger partial charge is 0.347 e. The lowest BCUT2D eigenvalue weighted by molar-refractivity contribution is 0.0955. The fraction of sp³-hybridized carbons (Fsp3) is 0.0417. The van der Waals surface area contributed by atoms with Crippen LogP contribution in [0.3, 0.4) is 0 Å². The number of nitrogens with zero attached hydrogens (tertiary/aromatic N) is 2. The van der Waals surface area contributed by atoms with E-state index in [1.54, 1.807) is 67.1 Å². The van der Waals surface area contributed by atoms with Crippen molar-refractivity contribution in [2.45, 2.75) is 16.3 Å². The molecule has 6 nitrogen and oxygen atoms in total. The summed E-state index contributed by atoms with van der Waals surface area (Å²) in [6.45, 7) is 0.299. The van der Waals surface area contributed by atoms with Crippen LogP contribution in [-0.2, 0) is 16.4 Å². The van der Waals surface area contributed by atoms with Crippen molar-refractivity contribution in [3.8, 4) is 0 Å². The number of fused-ring (bicyclic) bond motifs is 2.